The summed E-state index contributed by atoms with van der Waals surface area (Å²) < 4.78 is 0. The maximum atomic E-state index is 12.1. The molecule has 5 nitrogen and oxygen atoms in total. The second kappa shape index (κ2) is 7.72. The van der Waals surface area contributed by atoms with Crippen molar-refractivity contribution in [3.63, 3.8) is 0 Å². The van der Waals surface area contributed by atoms with Crippen LogP contribution in [0.15, 0.2) is 30.5 Å². The molecule has 5 heteroatoms. The topological polar surface area (TPSA) is 66.9 Å². The van der Waals surface area contributed by atoms with Crippen LogP contribution in [0.25, 0.3) is 0 Å². The fourth-order valence-corrected chi connectivity index (χ4v) is 2.12. The van der Waals surface area contributed by atoms with Crippen LogP contribution >= 0.6 is 0 Å². The molecule has 2 aromatic rings. The first-order chi connectivity index (χ1) is 11.0. The third kappa shape index (κ3) is 4.77. The number of hydrogen-bond donors (Lipinski definition) is 2. The van der Waals surface area contributed by atoms with Gasteiger partial charge in [-0.25, -0.2) is 9.97 Å². The summed E-state index contributed by atoms with van der Waals surface area (Å²) in [5.74, 6) is 0.814. The highest BCUT2D eigenvalue weighted by atomic mass is 16.1. The van der Waals surface area contributed by atoms with E-state index in [-0.39, 0.29) is 5.91 Å². The zero-order valence-corrected chi connectivity index (χ0v) is 14.2. The Kier molecular flexibility index (Phi) is 5.68. The lowest BCUT2D eigenvalue weighted by atomic mass is 10.1. The minimum absolute atomic E-state index is 0.169. The van der Waals surface area contributed by atoms with E-state index >= 15 is 0 Å². The van der Waals surface area contributed by atoms with Crippen molar-refractivity contribution in [3.05, 3.63) is 47.3 Å². The average Bonchev–Trinajstić information content (AvgIpc) is 2.52. The van der Waals surface area contributed by atoms with Crippen molar-refractivity contribution < 1.29 is 4.79 Å². The first-order valence-electron chi connectivity index (χ1n) is 7.92. The zero-order valence-electron chi connectivity index (χ0n) is 14.2. The molecule has 0 aliphatic heterocycles. The van der Waals surface area contributed by atoms with Crippen LogP contribution in [0, 0.1) is 19.8 Å². The lowest BCUT2D eigenvalue weighted by Crippen LogP contribution is -2.26. The van der Waals surface area contributed by atoms with Gasteiger partial charge in [-0.2, -0.15) is 0 Å². The van der Waals surface area contributed by atoms with Crippen LogP contribution in [0.1, 0.15) is 41.9 Å². The summed E-state index contributed by atoms with van der Waals surface area (Å²) in [5, 5.41) is 6.07. The average molecular weight is 312 g/mol. The van der Waals surface area contributed by atoms with E-state index in [1.165, 1.54) is 5.56 Å². The van der Waals surface area contributed by atoms with Gasteiger partial charge in [-0.1, -0.05) is 26.0 Å². The zero-order chi connectivity index (χ0) is 16.8. The Labute approximate surface area is 137 Å². The Balaban J connectivity index is 2.07. The Morgan fingerprint density at radius 3 is 2.74 bits per heavy atom. The smallest absolute Gasteiger partial charge is 0.270 e. The van der Waals surface area contributed by atoms with E-state index in [2.05, 4.69) is 47.4 Å². The van der Waals surface area contributed by atoms with Crippen molar-refractivity contribution >= 4 is 17.5 Å². The minimum atomic E-state index is -0.169. The molecule has 0 aliphatic rings. The SMILES string of the molecule is Cc1cccc(Nc2nccc(C(=O)NCCC(C)C)n2)c1C. The standard InChI is InChI=1S/C18H24N4O/c1-12(2)8-10-19-17(23)16-9-11-20-18(22-16)21-15-7-5-6-13(3)14(15)4/h5-7,9,11-12H,8,10H2,1-4H3,(H,19,23)(H,20,21,22). The van der Waals surface area contributed by atoms with E-state index < -0.39 is 0 Å². The Hall–Kier alpha value is -2.43. The van der Waals surface area contributed by atoms with Gasteiger partial charge in [-0.3, -0.25) is 4.79 Å². The number of anilines is 2. The third-order valence-corrected chi connectivity index (χ3v) is 3.75. The molecule has 0 unspecified atom stereocenters. The molecule has 1 aromatic carbocycles. The summed E-state index contributed by atoms with van der Waals surface area (Å²) in [7, 11) is 0. The molecule has 2 N–H and O–H groups in total. The quantitative estimate of drug-likeness (QED) is 0.855. The third-order valence-electron chi connectivity index (χ3n) is 3.75. The molecule has 0 aliphatic carbocycles. The summed E-state index contributed by atoms with van der Waals surface area (Å²) in [4.78, 5) is 20.6. The van der Waals surface area contributed by atoms with Crippen LogP contribution in [0.3, 0.4) is 0 Å². The number of amides is 1. The number of nitrogens with one attached hydrogen (secondary N) is 2. The van der Waals surface area contributed by atoms with Crippen LogP contribution in [-0.2, 0) is 0 Å². The maximum Gasteiger partial charge on any atom is 0.270 e. The van der Waals surface area contributed by atoms with Gasteiger partial charge in [0, 0.05) is 18.4 Å². The fraction of sp³-hybridized carbons (Fsp3) is 0.389. The molecular formula is C18H24N4O. The number of carbonyl (C=O) groups is 1. The van der Waals surface area contributed by atoms with Gasteiger partial charge in [0.1, 0.15) is 5.69 Å². The van der Waals surface area contributed by atoms with Crippen molar-refractivity contribution in [2.24, 2.45) is 5.92 Å². The normalized spacial score (nSPS) is 10.7. The summed E-state index contributed by atoms with van der Waals surface area (Å²) in [6.45, 7) is 9.01. The highest BCUT2D eigenvalue weighted by Crippen LogP contribution is 2.20. The Bertz CT molecular complexity index is 682. The molecule has 0 saturated heterocycles. The molecular weight excluding hydrogens is 288 g/mol. The molecule has 1 amide bonds. The summed E-state index contributed by atoms with van der Waals surface area (Å²) in [6.07, 6.45) is 2.54. The van der Waals surface area contributed by atoms with Gasteiger partial charge in [-0.15, -0.1) is 0 Å². The van der Waals surface area contributed by atoms with E-state index in [1.807, 2.05) is 19.1 Å². The number of hydrogen-bond acceptors (Lipinski definition) is 4. The molecule has 0 saturated carbocycles. The van der Waals surface area contributed by atoms with Gasteiger partial charge in [0.2, 0.25) is 5.95 Å². The van der Waals surface area contributed by atoms with Crippen LogP contribution in [0.2, 0.25) is 0 Å². The molecule has 2 rings (SSSR count). The van der Waals surface area contributed by atoms with Crippen LogP contribution in [-0.4, -0.2) is 22.4 Å². The number of aromatic nitrogens is 2. The van der Waals surface area contributed by atoms with E-state index in [0.29, 0.717) is 24.1 Å². The van der Waals surface area contributed by atoms with Crippen molar-refractivity contribution in [1.29, 1.82) is 0 Å². The number of carbonyl (C=O) groups excluding carboxylic acids is 1. The number of benzene rings is 1. The van der Waals surface area contributed by atoms with Gasteiger partial charge in [-0.05, 0) is 49.4 Å². The number of nitrogens with zero attached hydrogens (tertiary/aromatic N) is 2. The van der Waals surface area contributed by atoms with Gasteiger partial charge < -0.3 is 10.6 Å². The second-order valence-corrected chi connectivity index (χ2v) is 6.08. The number of aryl methyl sites for hydroxylation is 1. The van der Waals surface area contributed by atoms with Gasteiger partial charge in [0.05, 0.1) is 0 Å². The molecule has 0 fully saturated rings. The summed E-state index contributed by atoms with van der Waals surface area (Å²) in [6, 6.07) is 7.63. The molecule has 0 spiro atoms. The molecule has 122 valence electrons. The lowest BCUT2D eigenvalue weighted by molar-refractivity contribution is 0.0947. The van der Waals surface area contributed by atoms with Crippen molar-refractivity contribution in [1.82, 2.24) is 15.3 Å². The van der Waals surface area contributed by atoms with E-state index in [1.54, 1.807) is 12.3 Å². The first kappa shape index (κ1) is 16.9. The Morgan fingerprint density at radius 1 is 1.22 bits per heavy atom. The largest absolute Gasteiger partial charge is 0.351 e. The molecule has 0 radical (unpaired) electrons. The number of rotatable bonds is 6. The van der Waals surface area contributed by atoms with Crippen molar-refractivity contribution in [2.75, 3.05) is 11.9 Å². The van der Waals surface area contributed by atoms with Gasteiger partial charge >= 0.3 is 0 Å². The Morgan fingerprint density at radius 2 is 2.00 bits per heavy atom. The molecule has 23 heavy (non-hydrogen) atoms. The fourth-order valence-electron chi connectivity index (χ4n) is 2.12. The predicted octanol–water partition coefficient (Wildman–Crippen LogP) is 3.61. The van der Waals surface area contributed by atoms with E-state index in [9.17, 15) is 4.79 Å². The summed E-state index contributed by atoms with van der Waals surface area (Å²) >= 11 is 0. The van der Waals surface area contributed by atoms with Gasteiger partial charge in [0.15, 0.2) is 0 Å². The second-order valence-electron chi connectivity index (χ2n) is 6.08. The molecule has 1 heterocycles. The van der Waals surface area contributed by atoms with E-state index in [0.717, 1.165) is 17.7 Å². The lowest BCUT2D eigenvalue weighted by Gasteiger charge is -2.11. The minimum Gasteiger partial charge on any atom is -0.351 e. The van der Waals surface area contributed by atoms with Crippen LogP contribution < -0.4 is 10.6 Å². The van der Waals surface area contributed by atoms with Crippen LogP contribution in [0.4, 0.5) is 11.6 Å². The highest BCUT2D eigenvalue weighted by molar-refractivity contribution is 5.92. The van der Waals surface area contributed by atoms with Crippen molar-refractivity contribution in [2.45, 2.75) is 34.1 Å². The molecule has 0 bridgehead atoms. The monoisotopic (exact) mass is 312 g/mol. The summed E-state index contributed by atoms with van der Waals surface area (Å²) in [5.41, 5.74) is 3.65. The van der Waals surface area contributed by atoms with Crippen LogP contribution in [0.5, 0.6) is 0 Å². The molecule has 1 aromatic heterocycles. The first-order valence-corrected chi connectivity index (χ1v) is 7.92. The highest BCUT2D eigenvalue weighted by Gasteiger charge is 2.09. The molecule has 0 atom stereocenters. The predicted molar refractivity (Wildman–Crippen MR) is 93.0 cm³/mol. The maximum absolute atomic E-state index is 12.1. The van der Waals surface area contributed by atoms with E-state index in [4.69, 9.17) is 0 Å². The van der Waals surface area contributed by atoms with Gasteiger partial charge in [0.25, 0.3) is 5.91 Å². The van der Waals surface area contributed by atoms with Crippen molar-refractivity contribution in [3.8, 4) is 0 Å².